The molecule has 0 saturated heterocycles. The van der Waals surface area contributed by atoms with Crippen molar-refractivity contribution in [1.29, 1.82) is 0 Å². The first-order valence-electron chi connectivity index (χ1n) is 7.29. The fraction of sp³-hybridized carbons (Fsp3) is 0.375. The Kier molecular flexibility index (Phi) is 4.02. The third kappa shape index (κ3) is 3.39. The van der Waals surface area contributed by atoms with Gasteiger partial charge >= 0.3 is 0 Å². The highest BCUT2D eigenvalue weighted by atomic mass is 32.1. The fourth-order valence-corrected chi connectivity index (χ4v) is 2.98. The van der Waals surface area contributed by atoms with E-state index < -0.39 is 0 Å². The zero-order chi connectivity index (χ0) is 15.6. The van der Waals surface area contributed by atoms with Gasteiger partial charge in [0.1, 0.15) is 11.3 Å². The van der Waals surface area contributed by atoms with Crippen LogP contribution < -0.4 is 5.32 Å². The van der Waals surface area contributed by atoms with Crippen molar-refractivity contribution in [3.63, 3.8) is 0 Å². The standard InChI is InChI=1S/C16H19N5S/c1-16(2,3)15-20-11(10-22-15)6-7-18-13-5-4-12-14(21-13)19-9-8-17-12/h4-5,8-10H,6-7H2,1-3H3,(H,18,19,21). The van der Waals surface area contributed by atoms with Crippen LogP contribution in [0.3, 0.4) is 0 Å². The van der Waals surface area contributed by atoms with Crippen LogP contribution in [0.1, 0.15) is 31.5 Å². The third-order valence-corrected chi connectivity index (χ3v) is 4.53. The summed E-state index contributed by atoms with van der Waals surface area (Å²) >= 11 is 1.73. The van der Waals surface area contributed by atoms with Crippen molar-refractivity contribution in [1.82, 2.24) is 19.9 Å². The summed E-state index contributed by atoms with van der Waals surface area (Å²) < 4.78 is 0. The molecular formula is C16H19N5S. The predicted molar refractivity (Wildman–Crippen MR) is 90.3 cm³/mol. The monoisotopic (exact) mass is 313 g/mol. The summed E-state index contributed by atoms with van der Waals surface area (Å²) in [5.74, 6) is 0.819. The zero-order valence-corrected chi connectivity index (χ0v) is 13.8. The van der Waals surface area contributed by atoms with Crippen LogP contribution in [0, 0.1) is 0 Å². The second kappa shape index (κ2) is 5.96. The predicted octanol–water partition coefficient (Wildman–Crippen LogP) is 3.43. The first kappa shape index (κ1) is 14.8. The van der Waals surface area contributed by atoms with Crippen molar-refractivity contribution in [2.45, 2.75) is 32.6 Å². The van der Waals surface area contributed by atoms with E-state index in [1.54, 1.807) is 23.7 Å². The molecule has 0 fully saturated rings. The largest absolute Gasteiger partial charge is 0.370 e. The van der Waals surface area contributed by atoms with Crippen molar-refractivity contribution in [3.8, 4) is 0 Å². The number of hydrogen-bond acceptors (Lipinski definition) is 6. The Bertz CT molecular complexity index is 775. The van der Waals surface area contributed by atoms with Gasteiger partial charge in [-0.25, -0.2) is 15.0 Å². The summed E-state index contributed by atoms with van der Waals surface area (Å²) in [4.78, 5) is 17.6. The number of thiazole rings is 1. The van der Waals surface area contributed by atoms with Crippen LogP contribution in [-0.4, -0.2) is 26.5 Å². The molecule has 0 aromatic carbocycles. The van der Waals surface area contributed by atoms with Crippen molar-refractivity contribution in [3.05, 3.63) is 40.6 Å². The van der Waals surface area contributed by atoms with E-state index >= 15 is 0 Å². The quantitative estimate of drug-likeness (QED) is 0.799. The molecule has 1 N–H and O–H groups in total. The van der Waals surface area contributed by atoms with Gasteiger partial charge in [-0.2, -0.15) is 0 Å². The number of pyridine rings is 1. The van der Waals surface area contributed by atoms with Crippen molar-refractivity contribution >= 4 is 28.3 Å². The Morgan fingerprint density at radius 3 is 2.68 bits per heavy atom. The van der Waals surface area contributed by atoms with E-state index in [9.17, 15) is 0 Å². The van der Waals surface area contributed by atoms with Crippen molar-refractivity contribution in [2.75, 3.05) is 11.9 Å². The van der Waals surface area contributed by atoms with Gasteiger partial charge in [-0.05, 0) is 12.1 Å². The molecule has 0 amide bonds. The number of aromatic nitrogens is 4. The van der Waals surface area contributed by atoms with E-state index in [0.717, 1.165) is 30.0 Å². The molecule has 114 valence electrons. The summed E-state index contributed by atoms with van der Waals surface area (Å²) in [7, 11) is 0. The molecular weight excluding hydrogens is 294 g/mol. The Morgan fingerprint density at radius 2 is 1.91 bits per heavy atom. The first-order valence-corrected chi connectivity index (χ1v) is 8.17. The maximum atomic E-state index is 4.70. The lowest BCUT2D eigenvalue weighted by atomic mass is 9.98. The molecule has 6 heteroatoms. The maximum absolute atomic E-state index is 4.70. The number of rotatable bonds is 4. The summed E-state index contributed by atoms with van der Waals surface area (Å²) in [6, 6.07) is 3.86. The number of nitrogens with one attached hydrogen (secondary N) is 1. The fourth-order valence-electron chi connectivity index (χ4n) is 2.04. The highest BCUT2D eigenvalue weighted by Crippen LogP contribution is 2.25. The molecule has 3 rings (SSSR count). The lowest BCUT2D eigenvalue weighted by Crippen LogP contribution is -2.11. The maximum Gasteiger partial charge on any atom is 0.180 e. The van der Waals surface area contributed by atoms with Crippen LogP contribution >= 0.6 is 11.3 Å². The van der Waals surface area contributed by atoms with Gasteiger partial charge in [0, 0.05) is 36.2 Å². The number of fused-ring (bicyclic) bond motifs is 1. The van der Waals surface area contributed by atoms with E-state index in [4.69, 9.17) is 4.98 Å². The number of hydrogen-bond donors (Lipinski definition) is 1. The lowest BCUT2D eigenvalue weighted by Gasteiger charge is -2.13. The van der Waals surface area contributed by atoms with Crippen LogP contribution in [0.25, 0.3) is 11.2 Å². The first-order chi connectivity index (χ1) is 10.5. The van der Waals surface area contributed by atoms with Gasteiger partial charge in [0.05, 0.1) is 10.7 Å². The van der Waals surface area contributed by atoms with Gasteiger partial charge in [-0.15, -0.1) is 11.3 Å². The smallest absolute Gasteiger partial charge is 0.180 e. The molecule has 0 aliphatic rings. The van der Waals surface area contributed by atoms with E-state index in [1.165, 1.54) is 5.01 Å². The molecule has 0 aliphatic carbocycles. The molecule has 0 radical (unpaired) electrons. The molecule has 0 bridgehead atoms. The molecule has 0 spiro atoms. The molecule has 0 unspecified atom stereocenters. The molecule has 5 nitrogen and oxygen atoms in total. The zero-order valence-electron chi connectivity index (χ0n) is 13.0. The van der Waals surface area contributed by atoms with E-state index in [2.05, 4.69) is 46.4 Å². The summed E-state index contributed by atoms with van der Waals surface area (Å²) in [5, 5.41) is 6.64. The summed E-state index contributed by atoms with van der Waals surface area (Å²) in [5.41, 5.74) is 2.72. The van der Waals surface area contributed by atoms with E-state index in [0.29, 0.717) is 5.65 Å². The van der Waals surface area contributed by atoms with E-state index in [-0.39, 0.29) is 5.41 Å². The van der Waals surface area contributed by atoms with Gasteiger partial charge in [-0.1, -0.05) is 20.8 Å². The number of anilines is 1. The van der Waals surface area contributed by atoms with Crippen LogP contribution in [0.4, 0.5) is 5.82 Å². The van der Waals surface area contributed by atoms with Crippen LogP contribution in [0.2, 0.25) is 0 Å². The Morgan fingerprint density at radius 1 is 1.09 bits per heavy atom. The normalized spacial score (nSPS) is 11.8. The molecule has 3 aromatic heterocycles. The molecule has 22 heavy (non-hydrogen) atoms. The Labute approximate surface area is 133 Å². The van der Waals surface area contributed by atoms with Crippen LogP contribution in [0.15, 0.2) is 29.9 Å². The van der Waals surface area contributed by atoms with Gasteiger partial charge < -0.3 is 5.32 Å². The van der Waals surface area contributed by atoms with Crippen LogP contribution in [-0.2, 0) is 11.8 Å². The van der Waals surface area contributed by atoms with Crippen molar-refractivity contribution in [2.24, 2.45) is 0 Å². The van der Waals surface area contributed by atoms with E-state index in [1.807, 2.05) is 12.1 Å². The summed E-state index contributed by atoms with van der Waals surface area (Å²) in [6.07, 6.45) is 4.21. The average Bonchev–Trinajstić information content (AvgIpc) is 2.96. The molecule has 0 aliphatic heterocycles. The second-order valence-electron chi connectivity index (χ2n) is 6.17. The molecule has 0 atom stereocenters. The Hall–Kier alpha value is -2.08. The molecule has 3 aromatic rings. The third-order valence-electron chi connectivity index (χ3n) is 3.21. The highest BCUT2D eigenvalue weighted by molar-refractivity contribution is 7.09. The average molecular weight is 313 g/mol. The van der Waals surface area contributed by atoms with Gasteiger partial charge in [0.25, 0.3) is 0 Å². The van der Waals surface area contributed by atoms with Gasteiger partial charge in [0.2, 0.25) is 0 Å². The second-order valence-corrected chi connectivity index (χ2v) is 7.02. The van der Waals surface area contributed by atoms with Gasteiger partial charge in [0.15, 0.2) is 5.65 Å². The Balaban J connectivity index is 1.61. The topological polar surface area (TPSA) is 63.6 Å². The van der Waals surface area contributed by atoms with Crippen LogP contribution in [0.5, 0.6) is 0 Å². The minimum atomic E-state index is 0.120. The van der Waals surface area contributed by atoms with Crippen molar-refractivity contribution < 1.29 is 0 Å². The molecule has 0 saturated carbocycles. The van der Waals surface area contributed by atoms with Gasteiger partial charge in [-0.3, -0.25) is 4.98 Å². The minimum Gasteiger partial charge on any atom is -0.370 e. The highest BCUT2D eigenvalue weighted by Gasteiger charge is 2.17. The summed E-state index contributed by atoms with van der Waals surface area (Å²) in [6.45, 7) is 7.36. The lowest BCUT2D eigenvalue weighted by molar-refractivity contribution is 0.583. The molecule has 3 heterocycles. The SMILES string of the molecule is CC(C)(C)c1nc(CCNc2ccc3nccnc3n2)cs1. The number of nitrogens with zero attached hydrogens (tertiary/aromatic N) is 4. The minimum absolute atomic E-state index is 0.120.